The molecule has 0 bridgehead atoms. The molecule has 0 saturated heterocycles. The van der Waals surface area contributed by atoms with E-state index < -0.39 is 0 Å². The fourth-order valence-electron chi connectivity index (χ4n) is 2.85. The first-order valence-corrected chi connectivity index (χ1v) is 7.49. The number of aryl methyl sites for hydroxylation is 1. The van der Waals surface area contributed by atoms with Crippen molar-refractivity contribution in [2.45, 2.75) is 51.2 Å². The van der Waals surface area contributed by atoms with Crippen LogP contribution >= 0.6 is 0 Å². The Balaban J connectivity index is 2.05. The number of ether oxygens (including phenoxy) is 1. The monoisotopic (exact) mass is 278 g/mol. The molecule has 0 amide bonds. The lowest BCUT2D eigenvalue weighted by atomic mass is 9.92. The maximum atomic E-state index is 9.81. The second-order valence-corrected chi connectivity index (χ2v) is 5.58. The zero-order valence-electron chi connectivity index (χ0n) is 12.7. The van der Waals surface area contributed by atoms with Gasteiger partial charge in [-0.2, -0.15) is 0 Å². The highest BCUT2D eigenvalue weighted by molar-refractivity contribution is 5.70. The second kappa shape index (κ2) is 6.95. The van der Waals surface area contributed by atoms with E-state index in [1.807, 2.05) is 6.07 Å². The molecule has 2 N–H and O–H groups in total. The van der Waals surface area contributed by atoms with Gasteiger partial charge in [-0.15, -0.1) is 0 Å². The Morgan fingerprint density at radius 2 is 2.00 bits per heavy atom. The zero-order valence-corrected chi connectivity index (χ0v) is 12.7. The van der Waals surface area contributed by atoms with Gasteiger partial charge < -0.3 is 10.1 Å². The Bertz CT molecular complexity index is 426. The molecule has 1 saturated carbocycles. The molecule has 20 heavy (non-hydrogen) atoms. The number of hydroxylamine groups is 1. The number of methoxy groups -OCH3 is 1. The fraction of sp³-hybridized carbons (Fsp3) is 0.625. The van der Waals surface area contributed by atoms with Gasteiger partial charge in [-0.25, -0.2) is 0 Å². The summed E-state index contributed by atoms with van der Waals surface area (Å²) in [5, 5.41) is 14.6. The lowest BCUT2D eigenvalue weighted by Crippen LogP contribution is -2.29. The maximum absolute atomic E-state index is 9.81. The number of hydrogen-bond acceptors (Lipinski definition) is 4. The summed E-state index contributed by atoms with van der Waals surface area (Å²) in [6, 6.07) is 6.70. The number of nitrogens with zero attached hydrogens (tertiary/aromatic N) is 1. The van der Waals surface area contributed by atoms with Gasteiger partial charge in [-0.1, -0.05) is 13.0 Å². The predicted molar refractivity (Wildman–Crippen MR) is 82.7 cm³/mol. The van der Waals surface area contributed by atoms with E-state index in [9.17, 15) is 5.21 Å². The average molecular weight is 278 g/mol. The number of nitrogens with one attached hydrogen (secondary N) is 1. The molecule has 0 aliphatic heterocycles. The van der Waals surface area contributed by atoms with Crippen LogP contribution in [0.2, 0.25) is 0 Å². The number of benzene rings is 1. The molecule has 4 nitrogen and oxygen atoms in total. The molecule has 0 spiro atoms. The lowest BCUT2D eigenvalue weighted by Gasteiger charge is -2.30. The van der Waals surface area contributed by atoms with E-state index in [4.69, 9.17) is 4.74 Å². The van der Waals surface area contributed by atoms with Gasteiger partial charge in [0.2, 0.25) is 0 Å². The first kappa shape index (κ1) is 15.1. The van der Waals surface area contributed by atoms with E-state index in [-0.39, 0.29) is 0 Å². The van der Waals surface area contributed by atoms with E-state index in [2.05, 4.69) is 24.4 Å². The molecular formula is C16H26N2O2. The molecule has 1 aliphatic carbocycles. The van der Waals surface area contributed by atoms with Crippen molar-refractivity contribution in [3.05, 3.63) is 23.8 Å². The normalized spacial score (nSPS) is 22.6. The summed E-state index contributed by atoms with van der Waals surface area (Å²) >= 11 is 0. The molecule has 0 radical (unpaired) electrons. The Hall–Kier alpha value is -1.26. The highest BCUT2D eigenvalue weighted by Gasteiger charge is 2.21. The first-order valence-electron chi connectivity index (χ1n) is 7.49. The standard InChI is InChI=1S/C16H26N2O2/c1-4-12-5-10-15(16(11-12)18(2)19)17-13-6-8-14(20-3)9-7-13/h5,10-11,13-14,17,19H,4,6-9H2,1-3H3. The van der Waals surface area contributed by atoms with Crippen molar-refractivity contribution in [3.8, 4) is 0 Å². The van der Waals surface area contributed by atoms with Crippen molar-refractivity contribution in [3.63, 3.8) is 0 Å². The number of hydrogen-bond donors (Lipinski definition) is 2. The number of rotatable bonds is 5. The summed E-state index contributed by atoms with van der Waals surface area (Å²) in [5.74, 6) is 0. The van der Waals surface area contributed by atoms with Gasteiger partial charge in [-0.05, 0) is 49.8 Å². The summed E-state index contributed by atoms with van der Waals surface area (Å²) in [6.45, 7) is 2.12. The Kier molecular flexibility index (Phi) is 5.26. The maximum Gasteiger partial charge on any atom is 0.0864 e. The molecule has 0 heterocycles. The van der Waals surface area contributed by atoms with Crippen LogP contribution in [0, 0.1) is 0 Å². The third-order valence-corrected chi connectivity index (χ3v) is 4.19. The van der Waals surface area contributed by atoms with Gasteiger partial charge in [0.15, 0.2) is 0 Å². The van der Waals surface area contributed by atoms with Crippen molar-refractivity contribution in [2.24, 2.45) is 0 Å². The Morgan fingerprint density at radius 1 is 1.30 bits per heavy atom. The average Bonchev–Trinajstić information content (AvgIpc) is 2.48. The minimum absolute atomic E-state index is 0.413. The van der Waals surface area contributed by atoms with Gasteiger partial charge in [0.1, 0.15) is 0 Å². The topological polar surface area (TPSA) is 44.7 Å². The lowest BCUT2D eigenvalue weighted by molar-refractivity contribution is 0.0682. The summed E-state index contributed by atoms with van der Waals surface area (Å²) in [6.07, 6.45) is 5.82. The van der Waals surface area contributed by atoms with E-state index in [0.29, 0.717) is 12.1 Å². The van der Waals surface area contributed by atoms with Crippen LogP contribution in [0.3, 0.4) is 0 Å². The van der Waals surface area contributed by atoms with Crippen molar-refractivity contribution in [1.82, 2.24) is 0 Å². The molecular weight excluding hydrogens is 252 g/mol. The van der Waals surface area contributed by atoms with E-state index in [1.165, 1.54) is 10.6 Å². The van der Waals surface area contributed by atoms with Crippen molar-refractivity contribution < 1.29 is 9.94 Å². The number of anilines is 2. The second-order valence-electron chi connectivity index (χ2n) is 5.58. The van der Waals surface area contributed by atoms with Crippen LogP contribution in [-0.2, 0) is 11.2 Å². The molecule has 4 heteroatoms. The summed E-state index contributed by atoms with van der Waals surface area (Å²) in [5.41, 5.74) is 3.08. The molecule has 0 unspecified atom stereocenters. The van der Waals surface area contributed by atoms with Crippen LogP contribution in [0.1, 0.15) is 38.2 Å². The zero-order chi connectivity index (χ0) is 14.5. The Labute approximate surface area is 121 Å². The molecule has 1 aromatic rings. The molecule has 1 fully saturated rings. The quantitative estimate of drug-likeness (QED) is 0.810. The largest absolute Gasteiger partial charge is 0.381 e. The van der Waals surface area contributed by atoms with Crippen molar-refractivity contribution in [2.75, 3.05) is 24.5 Å². The van der Waals surface area contributed by atoms with Gasteiger partial charge in [0.05, 0.1) is 17.5 Å². The van der Waals surface area contributed by atoms with Crippen LogP contribution < -0.4 is 10.4 Å². The fourth-order valence-corrected chi connectivity index (χ4v) is 2.85. The molecule has 2 rings (SSSR count). The molecule has 1 aliphatic rings. The minimum atomic E-state index is 0.413. The Morgan fingerprint density at radius 3 is 2.55 bits per heavy atom. The van der Waals surface area contributed by atoms with Gasteiger partial charge in [-0.3, -0.25) is 10.3 Å². The highest BCUT2D eigenvalue weighted by Crippen LogP contribution is 2.30. The van der Waals surface area contributed by atoms with Gasteiger partial charge in [0, 0.05) is 20.2 Å². The first-order chi connectivity index (χ1) is 9.63. The van der Waals surface area contributed by atoms with E-state index in [1.54, 1.807) is 14.2 Å². The third kappa shape index (κ3) is 3.64. The van der Waals surface area contributed by atoms with Crippen LogP contribution in [0.15, 0.2) is 18.2 Å². The minimum Gasteiger partial charge on any atom is -0.381 e. The predicted octanol–water partition coefficient (Wildman–Crippen LogP) is 3.44. The highest BCUT2D eigenvalue weighted by atomic mass is 16.5. The molecule has 112 valence electrons. The third-order valence-electron chi connectivity index (χ3n) is 4.19. The van der Waals surface area contributed by atoms with Gasteiger partial charge in [0.25, 0.3) is 0 Å². The van der Waals surface area contributed by atoms with Crippen LogP contribution in [-0.4, -0.2) is 31.5 Å². The summed E-state index contributed by atoms with van der Waals surface area (Å²) in [4.78, 5) is 0. The molecule has 0 aromatic heterocycles. The molecule has 0 atom stereocenters. The smallest absolute Gasteiger partial charge is 0.0864 e. The van der Waals surface area contributed by atoms with Crippen LogP contribution in [0.4, 0.5) is 11.4 Å². The van der Waals surface area contributed by atoms with Crippen molar-refractivity contribution >= 4 is 11.4 Å². The van der Waals surface area contributed by atoms with Crippen molar-refractivity contribution in [1.29, 1.82) is 0 Å². The van der Waals surface area contributed by atoms with Crippen LogP contribution in [0.25, 0.3) is 0 Å². The summed E-state index contributed by atoms with van der Waals surface area (Å²) < 4.78 is 5.41. The molecule has 1 aromatic carbocycles. The van der Waals surface area contributed by atoms with E-state index in [0.717, 1.165) is 43.5 Å². The SMILES string of the molecule is CCc1ccc(NC2CCC(OC)CC2)c(N(C)O)c1. The van der Waals surface area contributed by atoms with Gasteiger partial charge >= 0.3 is 0 Å². The summed E-state index contributed by atoms with van der Waals surface area (Å²) in [7, 11) is 3.46. The van der Waals surface area contributed by atoms with Crippen LogP contribution in [0.5, 0.6) is 0 Å². The van der Waals surface area contributed by atoms with E-state index >= 15 is 0 Å².